The van der Waals surface area contributed by atoms with Crippen LogP contribution in [-0.4, -0.2) is 17.3 Å². The van der Waals surface area contributed by atoms with E-state index in [1.165, 1.54) is 25.7 Å². The van der Waals surface area contributed by atoms with Gasteiger partial charge in [-0.1, -0.05) is 48.5 Å². The number of hydrogen-bond donors (Lipinski definition) is 1. The van der Waals surface area contributed by atoms with E-state index >= 15 is 0 Å². The zero-order valence-electron chi connectivity index (χ0n) is 9.31. The van der Waals surface area contributed by atoms with Crippen LogP contribution in [0.4, 0.5) is 0 Å². The van der Waals surface area contributed by atoms with Crippen molar-refractivity contribution in [2.75, 3.05) is 5.33 Å². The van der Waals surface area contributed by atoms with E-state index in [2.05, 4.69) is 28.2 Å². The average molecular weight is 264 g/mol. The third-order valence-electron chi connectivity index (χ3n) is 2.15. The zero-order valence-corrected chi connectivity index (χ0v) is 10.9. The molecule has 0 saturated carbocycles. The molecule has 3 heteroatoms. The minimum atomic E-state index is 0.188. The predicted octanol–water partition coefficient (Wildman–Crippen LogP) is 3.25. The van der Waals surface area contributed by atoms with Crippen LogP contribution in [0, 0.1) is 0 Å². The van der Waals surface area contributed by atoms with Crippen molar-refractivity contribution in [3.8, 4) is 0 Å². The van der Waals surface area contributed by atoms with Crippen molar-refractivity contribution in [3.63, 3.8) is 0 Å². The maximum Gasteiger partial charge on any atom is 0.220 e. The highest BCUT2D eigenvalue weighted by molar-refractivity contribution is 9.09. The third-order valence-corrected chi connectivity index (χ3v) is 3.12. The summed E-state index contributed by atoms with van der Waals surface area (Å²) in [4.78, 5) is 11.3. The van der Waals surface area contributed by atoms with Crippen LogP contribution in [0.2, 0.25) is 0 Å². The van der Waals surface area contributed by atoms with Crippen molar-refractivity contribution in [3.05, 3.63) is 0 Å². The van der Waals surface area contributed by atoms with E-state index < -0.39 is 0 Å². The monoisotopic (exact) mass is 263 g/mol. The Morgan fingerprint density at radius 2 is 1.93 bits per heavy atom. The topological polar surface area (TPSA) is 29.1 Å². The van der Waals surface area contributed by atoms with Crippen LogP contribution >= 0.6 is 15.9 Å². The molecule has 0 aromatic heterocycles. The fourth-order valence-corrected chi connectivity index (χ4v) is 1.44. The van der Waals surface area contributed by atoms with Gasteiger partial charge in [0, 0.05) is 17.8 Å². The molecule has 0 aliphatic rings. The van der Waals surface area contributed by atoms with Crippen LogP contribution < -0.4 is 5.32 Å². The highest BCUT2D eigenvalue weighted by Gasteiger charge is 2.04. The van der Waals surface area contributed by atoms with Gasteiger partial charge in [-0.15, -0.1) is 0 Å². The van der Waals surface area contributed by atoms with Gasteiger partial charge in [-0.3, -0.25) is 4.79 Å². The van der Waals surface area contributed by atoms with E-state index in [1.807, 2.05) is 6.92 Å². The highest BCUT2D eigenvalue weighted by atomic mass is 79.9. The molecule has 1 amide bonds. The van der Waals surface area contributed by atoms with Gasteiger partial charge in [-0.2, -0.15) is 0 Å². The number of rotatable bonds is 8. The maximum atomic E-state index is 11.3. The molecule has 1 atom stereocenters. The maximum absolute atomic E-state index is 11.3. The fourth-order valence-electron chi connectivity index (χ4n) is 1.27. The number of alkyl halides is 1. The van der Waals surface area contributed by atoms with Gasteiger partial charge < -0.3 is 5.32 Å². The molecule has 1 N–H and O–H groups in total. The number of carbonyl (C=O) groups excluding carboxylic acids is 1. The molecule has 84 valence electrons. The number of amides is 1. The van der Waals surface area contributed by atoms with Gasteiger partial charge in [0.15, 0.2) is 0 Å². The standard InChI is InChI=1S/C11H22BrNO/c1-3-4-5-6-7-8-11(14)13-10(2)9-12/h10H,3-9H2,1-2H3,(H,13,14). The molecule has 0 aromatic carbocycles. The van der Waals surface area contributed by atoms with E-state index in [-0.39, 0.29) is 11.9 Å². The van der Waals surface area contributed by atoms with Gasteiger partial charge in [-0.05, 0) is 13.3 Å². The lowest BCUT2D eigenvalue weighted by Crippen LogP contribution is -2.33. The number of halogens is 1. The van der Waals surface area contributed by atoms with E-state index in [4.69, 9.17) is 0 Å². The highest BCUT2D eigenvalue weighted by Crippen LogP contribution is 2.04. The lowest BCUT2D eigenvalue weighted by atomic mass is 10.1. The Kier molecular flexibility index (Phi) is 9.47. The molecule has 0 aliphatic carbocycles. The number of nitrogens with one attached hydrogen (secondary N) is 1. The molecule has 0 aliphatic heterocycles. The van der Waals surface area contributed by atoms with Gasteiger partial charge in [0.2, 0.25) is 5.91 Å². The van der Waals surface area contributed by atoms with Crippen molar-refractivity contribution >= 4 is 21.8 Å². The van der Waals surface area contributed by atoms with Gasteiger partial charge in [0.05, 0.1) is 0 Å². The minimum Gasteiger partial charge on any atom is -0.353 e. The summed E-state index contributed by atoms with van der Waals surface area (Å²) in [5.74, 6) is 0.188. The van der Waals surface area contributed by atoms with Crippen LogP contribution in [0.3, 0.4) is 0 Å². The van der Waals surface area contributed by atoms with E-state index in [0.29, 0.717) is 6.42 Å². The number of carbonyl (C=O) groups is 1. The summed E-state index contributed by atoms with van der Waals surface area (Å²) in [6, 6.07) is 0.248. The second-order valence-electron chi connectivity index (χ2n) is 3.79. The first kappa shape index (κ1) is 13.9. The normalized spacial score (nSPS) is 12.5. The van der Waals surface area contributed by atoms with E-state index in [9.17, 15) is 4.79 Å². The molecule has 1 unspecified atom stereocenters. The molecule has 14 heavy (non-hydrogen) atoms. The van der Waals surface area contributed by atoms with Crippen LogP contribution in [0.25, 0.3) is 0 Å². The molecular formula is C11H22BrNO. The van der Waals surface area contributed by atoms with E-state index in [0.717, 1.165) is 11.8 Å². The largest absolute Gasteiger partial charge is 0.353 e. The quantitative estimate of drug-likeness (QED) is 0.529. The molecule has 0 radical (unpaired) electrons. The molecule has 0 bridgehead atoms. The van der Waals surface area contributed by atoms with Gasteiger partial charge >= 0.3 is 0 Å². The summed E-state index contributed by atoms with van der Waals surface area (Å²) in [6.07, 6.45) is 6.70. The van der Waals surface area contributed by atoms with Gasteiger partial charge in [0.1, 0.15) is 0 Å². The smallest absolute Gasteiger partial charge is 0.220 e. The average Bonchev–Trinajstić information content (AvgIpc) is 2.17. The molecule has 0 rings (SSSR count). The van der Waals surface area contributed by atoms with Crippen molar-refractivity contribution in [2.45, 2.75) is 58.4 Å². The summed E-state index contributed by atoms with van der Waals surface area (Å²) in [7, 11) is 0. The Balaban J connectivity index is 3.27. The molecule has 0 aromatic rings. The predicted molar refractivity (Wildman–Crippen MR) is 64.8 cm³/mol. The van der Waals surface area contributed by atoms with Gasteiger partial charge in [0.25, 0.3) is 0 Å². The first-order valence-corrected chi connectivity index (χ1v) is 6.68. The van der Waals surface area contributed by atoms with Gasteiger partial charge in [-0.25, -0.2) is 0 Å². The molecule has 0 saturated heterocycles. The molecular weight excluding hydrogens is 242 g/mol. The van der Waals surface area contributed by atoms with Crippen molar-refractivity contribution in [1.82, 2.24) is 5.32 Å². The van der Waals surface area contributed by atoms with Crippen molar-refractivity contribution in [1.29, 1.82) is 0 Å². The third kappa shape index (κ3) is 8.54. The molecule has 0 heterocycles. The number of hydrogen-bond acceptors (Lipinski definition) is 1. The first-order chi connectivity index (χ1) is 6.70. The second-order valence-corrected chi connectivity index (χ2v) is 4.43. The zero-order chi connectivity index (χ0) is 10.8. The Morgan fingerprint density at radius 1 is 1.29 bits per heavy atom. The fraction of sp³-hybridized carbons (Fsp3) is 0.909. The van der Waals surface area contributed by atoms with E-state index in [1.54, 1.807) is 0 Å². The summed E-state index contributed by atoms with van der Waals surface area (Å²) < 4.78 is 0. The Morgan fingerprint density at radius 3 is 2.50 bits per heavy atom. The minimum absolute atomic E-state index is 0.188. The van der Waals surface area contributed by atoms with Crippen LogP contribution in [0.5, 0.6) is 0 Å². The summed E-state index contributed by atoms with van der Waals surface area (Å²) in [5, 5.41) is 3.76. The molecule has 2 nitrogen and oxygen atoms in total. The van der Waals surface area contributed by atoms with Crippen molar-refractivity contribution < 1.29 is 4.79 Å². The summed E-state index contributed by atoms with van der Waals surface area (Å²) in [5.41, 5.74) is 0. The Labute approximate surface area is 96.0 Å². The Bertz CT molecular complexity index is 150. The SMILES string of the molecule is CCCCCCCC(=O)NC(C)CBr. The molecule has 0 fully saturated rings. The first-order valence-electron chi connectivity index (χ1n) is 5.56. The van der Waals surface area contributed by atoms with Crippen LogP contribution in [-0.2, 0) is 4.79 Å². The lowest BCUT2D eigenvalue weighted by molar-refractivity contribution is -0.121. The lowest BCUT2D eigenvalue weighted by Gasteiger charge is -2.10. The Hall–Kier alpha value is -0.0500. The molecule has 0 spiro atoms. The van der Waals surface area contributed by atoms with Crippen LogP contribution in [0.15, 0.2) is 0 Å². The van der Waals surface area contributed by atoms with Crippen molar-refractivity contribution in [2.24, 2.45) is 0 Å². The second kappa shape index (κ2) is 9.50. The van der Waals surface area contributed by atoms with Crippen LogP contribution in [0.1, 0.15) is 52.4 Å². The summed E-state index contributed by atoms with van der Waals surface area (Å²) >= 11 is 3.33. The summed E-state index contributed by atoms with van der Waals surface area (Å²) in [6.45, 7) is 4.20. The number of unbranched alkanes of at least 4 members (excludes halogenated alkanes) is 4.